The quantitative estimate of drug-likeness (QED) is 0.478. The van der Waals surface area contributed by atoms with E-state index >= 15 is 0 Å². The van der Waals surface area contributed by atoms with E-state index in [0.29, 0.717) is 23.1 Å². The van der Waals surface area contributed by atoms with Crippen LogP contribution in [-0.4, -0.2) is 25.9 Å². The predicted molar refractivity (Wildman–Crippen MR) is 114 cm³/mol. The zero-order valence-electron chi connectivity index (χ0n) is 16.0. The van der Waals surface area contributed by atoms with E-state index < -0.39 is 16.0 Å². The lowest BCUT2D eigenvalue weighted by atomic mass is 10.2. The molecule has 2 aromatic carbocycles. The molecule has 7 nitrogen and oxygen atoms in total. The van der Waals surface area contributed by atoms with Crippen LogP contribution in [0.1, 0.15) is 28.0 Å². The molecule has 0 atom stereocenters. The molecule has 0 saturated heterocycles. The second kappa shape index (κ2) is 10.0. The van der Waals surface area contributed by atoms with Gasteiger partial charge in [0.05, 0.1) is 16.2 Å². The first kappa shape index (κ1) is 22.2. The molecule has 0 radical (unpaired) electrons. The number of halogens is 1. The van der Waals surface area contributed by atoms with Gasteiger partial charge < -0.3 is 9.47 Å². The zero-order valence-corrected chi connectivity index (χ0v) is 18.4. The van der Waals surface area contributed by atoms with Crippen molar-refractivity contribution in [2.24, 2.45) is 0 Å². The number of nitrogens with one attached hydrogen (secondary N) is 1. The van der Waals surface area contributed by atoms with Crippen molar-refractivity contribution in [2.45, 2.75) is 25.0 Å². The topological polar surface area (TPSA) is 94.6 Å². The maximum atomic E-state index is 12.2. The number of aromatic nitrogens is 1. The molecular formula is C20H19ClN2O5S2. The van der Waals surface area contributed by atoms with Gasteiger partial charge in [-0.05, 0) is 48.5 Å². The molecule has 3 aromatic rings. The van der Waals surface area contributed by atoms with Gasteiger partial charge in [0.2, 0.25) is 10.0 Å². The van der Waals surface area contributed by atoms with Gasteiger partial charge >= 0.3 is 5.97 Å². The fraction of sp³-hybridized carbons (Fsp3) is 0.200. The van der Waals surface area contributed by atoms with Crippen molar-refractivity contribution in [1.82, 2.24) is 9.71 Å². The SMILES string of the molecule is CCNS(=O)(=O)c1ccc(C(=O)OCc2csc(COc3ccc(Cl)cc3)n2)cc1. The van der Waals surface area contributed by atoms with Gasteiger partial charge in [0, 0.05) is 16.9 Å². The van der Waals surface area contributed by atoms with Crippen molar-refractivity contribution in [3.05, 3.63) is 75.2 Å². The van der Waals surface area contributed by atoms with Crippen LogP contribution >= 0.6 is 22.9 Å². The Hall–Kier alpha value is -2.46. The summed E-state index contributed by atoms with van der Waals surface area (Å²) in [5, 5.41) is 3.17. The summed E-state index contributed by atoms with van der Waals surface area (Å²) in [6.07, 6.45) is 0. The molecule has 0 aliphatic rings. The summed E-state index contributed by atoms with van der Waals surface area (Å²) in [5.41, 5.74) is 0.862. The highest BCUT2D eigenvalue weighted by Gasteiger charge is 2.15. The minimum absolute atomic E-state index is 0.00766. The normalized spacial score (nSPS) is 11.3. The van der Waals surface area contributed by atoms with Crippen molar-refractivity contribution in [3.63, 3.8) is 0 Å². The summed E-state index contributed by atoms with van der Waals surface area (Å²) in [5.74, 6) is 0.122. The van der Waals surface area contributed by atoms with Crippen molar-refractivity contribution in [3.8, 4) is 5.75 Å². The van der Waals surface area contributed by atoms with E-state index in [4.69, 9.17) is 21.1 Å². The highest BCUT2D eigenvalue weighted by Crippen LogP contribution is 2.19. The van der Waals surface area contributed by atoms with Gasteiger partial charge in [0.25, 0.3) is 0 Å². The van der Waals surface area contributed by atoms with E-state index in [9.17, 15) is 13.2 Å². The first-order valence-electron chi connectivity index (χ1n) is 8.96. The maximum absolute atomic E-state index is 12.2. The van der Waals surface area contributed by atoms with Crippen LogP contribution < -0.4 is 9.46 Å². The fourth-order valence-electron chi connectivity index (χ4n) is 2.42. The molecule has 158 valence electrons. The van der Waals surface area contributed by atoms with Gasteiger partial charge in [-0.1, -0.05) is 18.5 Å². The van der Waals surface area contributed by atoms with E-state index in [-0.39, 0.29) is 23.6 Å². The van der Waals surface area contributed by atoms with Crippen LogP contribution in [0.3, 0.4) is 0 Å². The number of carbonyl (C=O) groups is 1. The minimum atomic E-state index is -3.56. The molecule has 0 saturated carbocycles. The second-order valence-electron chi connectivity index (χ2n) is 6.08. The number of nitrogens with zero attached hydrogens (tertiary/aromatic N) is 1. The van der Waals surface area contributed by atoms with Crippen LogP contribution in [0.15, 0.2) is 58.8 Å². The average Bonchev–Trinajstić information content (AvgIpc) is 3.19. The third-order valence-corrected chi connectivity index (χ3v) is 6.55. The molecule has 1 N–H and O–H groups in total. The van der Waals surface area contributed by atoms with Gasteiger partial charge in [-0.25, -0.2) is 22.9 Å². The minimum Gasteiger partial charge on any atom is -0.486 e. The molecule has 1 heterocycles. The third-order valence-electron chi connectivity index (χ3n) is 3.86. The Morgan fingerprint density at radius 1 is 1.10 bits per heavy atom. The summed E-state index contributed by atoms with van der Waals surface area (Å²) in [6, 6.07) is 12.6. The van der Waals surface area contributed by atoms with Crippen molar-refractivity contribution < 1.29 is 22.7 Å². The second-order valence-corrected chi connectivity index (χ2v) is 9.22. The zero-order chi connectivity index (χ0) is 21.6. The predicted octanol–water partition coefficient (Wildman–Crippen LogP) is 4.03. The molecule has 0 aliphatic heterocycles. The molecule has 0 unspecified atom stereocenters. The summed E-state index contributed by atoms with van der Waals surface area (Å²) in [7, 11) is -3.56. The fourth-order valence-corrected chi connectivity index (χ4v) is 4.28. The van der Waals surface area contributed by atoms with Crippen LogP contribution in [0.25, 0.3) is 0 Å². The molecule has 0 aliphatic carbocycles. The average molecular weight is 467 g/mol. The molecule has 0 bridgehead atoms. The third kappa shape index (κ3) is 6.02. The molecule has 0 spiro atoms. The number of hydrogen-bond acceptors (Lipinski definition) is 7. The first-order chi connectivity index (χ1) is 14.4. The Labute approximate surface area is 183 Å². The highest BCUT2D eigenvalue weighted by atomic mass is 35.5. The molecule has 10 heteroatoms. The summed E-state index contributed by atoms with van der Waals surface area (Å²) < 4.78 is 37.2. The Kier molecular flexibility index (Phi) is 7.43. The maximum Gasteiger partial charge on any atom is 0.338 e. The van der Waals surface area contributed by atoms with Crippen LogP contribution in [0.4, 0.5) is 0 Å². The Morgan fingerprint density at radius 3 is 2.47 bits per heavy atom. The lowest BCUT2D eigenvalue weighted by Gasteiger charge is -2.06. The first-order valence-corrected chi connectivity index (χ1v) is 11.7. The molecule has 0 amide bonds. The Bertz CT molecular complexity index is 1100. The Morgan fingerprint density at radius 2 is 1.80 bits per heavy atom. The molecule has 3 rings (SSSR count). The molecular weight excluding hydrogens is 448 g/mol. The molecule has 0 fully saturated rings. The lowest BCUT2D eigenvalue weighted by molar-refractivity contribution is 0.0468. The van der Waals surface area contributed by atoms with Crippen molar-refractivity contribution in [1.29, 1.82) is 0 Å². The van der Waals surface area contributed by atoms with Gasteiger partial charge in [0.15, 0.2) is 0 Å². The van der Waals surface area contributed by atoms with Crippen LogP contribution in [0.5, 0.6) is 5.75 Å². The van der Waals surface area contributed by atoms with Gasteiger partial charge in [-0.15, -0.1) is 11.3 Å². The van der Waals surface area contributed by atoms with E-state index in [1.807, 2.05) is 0 Å². The Balaban J connectivity index is 1.52. The largest absolute Gasteiger partial charge is 0.486 e. The van der Waals surface area contributed by atoms with Crippen LogP contribution in [-0.2, 0) is 28.0 Å². The number of ether oxygens (including phenoxy) is 2. The summed E-state index contributed by atoms with van der Waals surface area (Å²) in [6.45, 7) is 2.28. The van der Waals surface area contributed by atoms with E-state index in [2.05, 4.69) is 9.71 Å². The van der Waals surface area contributed by atoms with Crippen LogP contribution in [0, 0.1) is 0 Å². The van der Waals surface area contributed by atoms with Gasteiger partial charge in [0.1, 0.15) is 24.0 Å². The lowest BCUT2D eigenvalue weighted by Crippen LogP contribution is -2.23. The number of hydrogen-bond donors (Lipinski definition) is 1. The summed E-state index contributed by atoms with van der Waals surface area (Å²) in [4.78, 5) is 16.7. The molecule has 30 heavy (non-hydrogen) atoms. The summed E-state index contributed by atoms with van der Waals surface area (Å²) >= 11 is 7.24. The van der Waals surface area contributed by atoms with Gasteiger partial charge in [-0.2, -0.15) is 0 Å². The van der Waals surface area contributed by atoms with Crippen molar-refractivity contribution in [2.75, 3.05) is 6.54 Å². The van der Waals surface area contributed by atoms with Crippen molar-refractivity contribution >= 4 is 38.9 Å². The number of carbonyl (C=O) groups excluding carboxylic acids is 1. The smallest absolute Gasteiger partial charge is 0.338 e. The monoisotopic (exact) mass is 466 g/mol. The number of rotatable bonds is 9. The van der Waals surface area contributed by atoms with Gasteiger partial charge in [-0.3, -0.25) is 0 Å². The number of sulfonamides is 1. The number of thiazole rings is 1. The highest BCUT2D eigenvalue weighted by molar-refractivity contribution is 7.89. The number of esters is 1. The van der Waals surface area contributed by atoms with E-state index in [1.54, 1.807) is 36.6 Å². The van der Waals surface area contributed by atoms with E-state index in [1.165, 1.54) is 35.6 Å². The molecule has 1 aromatic heterocycles. The van der Waals surface area contributed by atoms with Crippen LogP contribution in [0.2, 0.25) is 5.02 Å². The number of benzene rings is 2. The standard InChI is InChI=1S/C20H19ClN2O5S2/c1-2-22-30(25,26)18-9-3-14(4-10-18)20(24)28-11-16-13-29-19(23-16)12-27-17-7-5-15(21)6-8-17/h3-10,13,22H,2,11-12H2,1H3. The van der Waals surface area contributed by atoms with E-state index in [0.717, 1.165) is 5.01 Å².